The SMILES string of the molecule is CC.Cc1ccc(S/N=C2\C=C(Cl)C(=O)c3ccccc32)c(C)c1. The minimum atomic E-state index is -0.146. The Morgan fingerprint density at radius 3 is 2.33 bits per heavy atom. The second-order valence-electron chi connectivity index (χ2n) is 5.20. The number of Topliss-reactive ketones (excluding diaryl/α,β-unsaturated/α-hetero) is 1. The summed E-state index contributed by atoms with van der Waals surface area (Å²) in [6, 6.07) is 13.7. The third-order valence-corrected chi connectivity index (χ3v) is 4.72. The normalized spacial score (nSPS) is 14.6. The third kappa shape index (κ3) is 3.97. The van der Waals surface area contributed by atoms with Gasteiger partial charge in [0.2, 0.25) is 5.78 Å². The van der Waals surface area contributed by atoms with Crippen molar-refractivity contribution in [3.63, 3.8) is 0 Å². The van der Waals surface area contributed by atoms with Gasteiger partial charge in [-0.2, -0.15) is 0 Å². The van der Waals surface area contributed by atoms with Crippen molar-refractivity contribution in [2.75, 3.05) is 0 Å². The van der Waals surface area contributed by atoms with Gasteiger partial charge in [0.15, 0.2) is 0 Å². The molecule has 0 aromatic heterocycles. The molecule has 1 aliphatic carbocycles. The van der Waals surface area contributed by atoms with Crippen molar-refractivity contribution in [2.24, 2.45) is 4.40 Å². The lowest BCUT2D eigenvalue weighted by atomic mass is 9.94. The summed E-state index contributed by atoms with van der Waals surface area (Å²) in [5.41, 5.74) is 4.57. The molecule has 0 spiro atoms. The summed E-state index contributed by atoms with van der Waals surface area (Å²) in [4.78, 5) is 13.2. The zero-order chi connectivity index (χ0) is 17.7. The van der Waals surface area contributed by atoms with E-state index in [9.17, 15) is 4.79 Å². The molecule has 0 fully saturated rings. The Bertz CT molecular complexity index is 824. The maximum absolute atomic E-state index is 12.1. The van der Waals surface area contributed by atoms with Gasteiger partial charge in [0.25, 0.3) is 0 Å². The smallest absolute Gasteiger partial charge is 0.205 e. The van der Waals surface area contributed by atoms with Gasteiger partial charge in [0.1, 0.15) is 0 Å². The topological polar surface area (TPSA) is 29.4 Å². The molecular formula is C20H20ClNOS. The van der Waals surface area contributed by atoms with E-state index in [1.807, 2.05) is 32.0 Å². The standard InChI is InChI=1S/C18H14ClNOS.C2H6/c1-11-7-8-17(12(2)9-11)22-20-16-10-15(19)18(21)14-6-4-3-5-13(14)16;1-2/h3-10H,1-2H3;1-2H3/b20-16+;. The summed E-state index contributed by atoms with van der Waals surface area (Å²) in [6.45, 7) is 8.13. The Balaban J connectivity index is 0.00000100. The first kappa shape index (κ1) is 18.5. The minimum Gasteiger partial charge on any atom is -0.288 e. The molecule has 124 valence electrons. The molecule has 0 aliphatic heterocycles. The summed E-state index contributed by atoms with van der Waals surface area (Å²) < 4.78 is 4.59. The molecule has 0 heterocycles. The summed E-state index contributed by atoms with van der Waals surface area (Å²) in [7, 11) is 0. The monoisotopic (exact) mass is 357 g/mol. The van der Waals surface area contributed by atoms with E-state index in [1.165, 1.54) is 23.1 Å². The van der Waals surface area contributed by atoms with Crippen molar-refractivity contribution in [2.45, 2.75) is 32.6 Å². The number of rotatable bonds is 2. The van der Waals surface area contributed by atoms with E-state index in [2.05, 4.69) is 36.4 Å². The van der Waals surface area contributed by atoms with E-state index in [0.29, 0.717) is 5.56 Å². The molecule has 0 radical (unpaired) electrons. The zero-order valence-electron chi connectivity index (χ0n) is 14.3. The lowest BCUT2D eigenvalue weighted by molar-refractivity contribution is 0.104. The van der Waals surface area contributed by atoms with Crippen LogP contribution in [-0.2, 0) is 0 Å². The van der Waals surface area contributed by atoms with Crippen molar-refractivity contribution < 1.29 is 4.79 Å². The van der Waals surface area contributed by atoms with Crippen LogP contribution in [0.4, 0.5) is 0 Å². The number of benzene rings is 2. The largest absolute Gasteiger partial charge is 0.288 e. The van der Waals surface area contributed by atoms with Crippen LogP contribution in [0.2, 0.25) is 0 Å². The molecule has 2 aromatic carbocycles. The number of aryl methyl sites for hydroxylation is 2. The first-order valence-electron chi connectivity index (χ1n) is 7.90. The molecule has 1 aliphatic rings. The maximum Gasteiger partial charge on any atom is 0.205 e. The van der Waals surface area contributed by atoms with Gasteiger partial charge in [-0.3, -0.25) is 4.79 Å². The van der Waals surface area contributed by atoms with Crippen LogP contribution in [0.5, 0.6) is 0 Å². The van der Waals surface area contributed by atoms with Gasteiger partial charge in [-0.15, -0.1) is 0 Å². The number of nitrogens with zero attached hydrogens (tertiary/aromatic N) is 1. The van der Waals surface area contributed by atoms with Crippen LogP contribution in [0, 0.1) is 13.8 Å². The van der Waals surface area contributed by atoms with Crippen LogP contribution in [0.25, 0.3) is 0 Å². The van der Waals surface area contributed by atoms with Crippen molar-refractivity contribution in [3.05, 3.63) is 75.8 Å². The second kappa shape index (κ2) is 8.32. The number of ketones is 1. The first-order chi connectivity index (χ1) is 11.6. The van der Waals surface area contributed by atoms with Crippen LogP contribution in [0.3, 0.4) is 0 Å². The van der Waals surface area contributed by atoms with E-state index >= 15 is 0 Å². The Morgan fingerprint density at radius 1 is 1.00 bits per heavy atom. The Morgan fingerprint density at radius 2 is 1.67 bits per heavy atom. The first-order valence-corrected chi connectivity index (χ1v) is 9.05. The lowest BCUT2D eigenvalue weighted by Crippen LogP contribution is -2.14. The molecule has 0 saturated carbocycles. The van der Waals surface area contributed by atoms with Crippen LogP contribution < -0.4 is 0 Å². The quantitative estimate of drug-likeness (QED) is 0.603. The van der Waals surface area contributed by atoms with Gasteiger partial charge in [0, 0.05) is 28.0 Å². The van der Waals surface area contributed by atoms with Crippen molar-refractivity contribution in [1.82, 2.24) is 0 Å². The van der Waals surface area contributed by atoms with Crippen molar-refractivity contribution in [3.8, 4) is 0 Å². The highest BCUT2D eigenvalue weighted by molar-refractivity contribution is 7.98. The molecule has 2 aromatic rings. The van der Waals surface area contributed by atoms with Crippen LogP contribution >= 0.6 is 23.5 Å². The summed E-state index contributed by atoms with van der Waals surface area (Å²) in [6.07, 6.45) is 1.64. The Kier molecular flexibility index (Phi) is 6.41. The third-order valence-electron chi connectivity index (χ3n) is 3.50. The number of hydrogen-bond acceptors (Lipinski definition) is 3. The number of carbonyl (C=O) groups excluding carboxylic acids is 1. The van der Waals surface area contributed by atoms with Gasteiger partial charge < -0.3 is 0 Å². The Hall–Kier alpha value is -1.84. The molecule has 0 amide bonds. The molecule has 0 unspecified atom stereocenters. The number of carbonyl (C=O) groups is 1. The van der Waals surface area contributed by atoms with Crippen molar-refractivity contribution in [1.29, 1.82) is 0 Å². The maximum atomic E-state index is 12.1. The molecular weight excluding hydrogens is 338 g/mol. The number of hydrogen-bond donors (Lipinski definition) is 0. The molecule has 4 heteroatoms. The highest BCUT2D eigenvalue weighted by atomic mass is 35.5. The summed E-state index contributed by atoms with van der Waals surface area (Å²) in [5, 5.41) is 0.207. The molecule has 0 saturated heterocycles. The zero-order valence-corrected chi connectivity index (χ0v) is 15.8. The number of fused-ring (bicyclic) bond motifs is 1. The van der Waals surface area contributed by atoms with Gasteiger partial charge in [-0.05, 0) is 31.6 Å². The molecule has 0 N–H and O–H groups in total. The number of halogens is 1. The van der Waals surface area contributed by atoms with E-state index < -0.39 is 0 Å². The van der Waals surface area contributed by atoms with Gasteiger partial charge >= 0.3 is 0 Å². The average molecular weight is 358 g/mol. The summed E-state index contributed by atoms with van der Waals surface area (Å²) in [5.74, 6) is -0.146. The molecule has 2 nitrogen and oxygen atoms in total. The van der Waals surface area contributed by atoms with Crippen molar-refractivity contribution >= 4 is 35.0 Å². The molecule has 24 heavy (non-hydrogen) atoms. The van der Waals surface area contributed by atoms with E-state index in [0.717, 1.165) is 16.2 Å². The van der Waals surface area contributed by atoms with Gasteiger partial charge in [-0.25, -0.2) is 4.40 Å². The predicted octanol–water partition coefficient (Wildman–Crippen LogP) is 6.15. The van der Waals surface area contributed by atoms with Gasteiger partial charge in [-0.1, -0.05) is 67.4 Å². The lowest BCUT2D eigenvalue weighted by Gasteiger charge is -2.14. The molecule has 0 atom stereocenters. The average Bonchev–Trinajstić information content (AvgIpc) is 2.60. The fraction of sp³-hybridized carbons (Fsp3) is 0.200. The van der Waals surface area contributed by atoms with E-state index in [-0.39, 0.29) is 10.8 Å². The fourth-order valence-corrected chi connectivity index (χ4v) is 3.26. The second-order valence-corrected chi connectivity index (χ2v) is 6.42. The van der Waals surface area contributed by atoms with Gasteiger partial charge in [0.05, 0.1) is 10.7 Å². The number of allylic oxidation sites excluding steroid dienone is 2. The van der Waals surface area contributed by atoms with Crippen LogP contribution in [0.15, 0.2) is 62.9 Å². The van der Waals surface area contributed by atoms with Crippen LogP contribution in [0.1, 0.15) is 40.9 Å². The minimum absolute atomic E-state index is 0.146. The predicted molar refractivity (Wildman–Crippen MR) is 104 cm³/mol. The molecule has 3 rings (SSSR count). The van der Waals surface area contributed by atoms with E-state index in [4.69, 9.17) is 11.6 Å². The molecule has 0 bridgehead atoms. The highest BCUT2D eigenvalue weighted by Crippen LogP contribution is 2.29. The Labute approximate surface area is 152 Å². The summed E-state index contributed by atoms with van der Waals surface area (Å²) >= 11 is 7.45. The fourth-order valence-electron chi connectivity index (χ4n) is 2.37. The van der Waals surface area contributed by atoms with Crippen LogP contribution in [-0.4, -0.2) is 11.5 Å². The van der Waals surface area contributed by atoms with E-state index in [1.54, 1.807) is 12.1 Å². The highest BCUT2D eigenvalue weighted by Gasteiger charge is 2.22.